The van der Waals surface area contributed by atoms with E-state index in [9.17, 15) is 8.78 Å². The van der Waals surface area contributed by atoms with Gasteiger partial charge in [0.05, 0.1) is 0 Å². The molecule has 1 aromatic carbocycles. The quantitative estimate of drug-likeness (QED) is 0.903. The predicted octanol–water partition coefficient (Wildman–Crippen LogP) is 2.96. The van der Waals surface area contributed by atoms with Crippen molar-refractivity contribution in [3.8, 4) is 0 Å². The molecule has 106 valence electrons. The van der Waals surface area contributed by atoms with Crippen LogP contribution in [-0.4, -0.2) is 31.6 Å². The molecule has 2 rings (SSSR count). The molecule has 2 nitrogen and oxygen atoms in total. The Kier molecular flexibility index (Phi) is 4.88. The largest absolute Gasteiger partial charge is 0.310 e. The van der Waals surface area contributed by atoms with E-state index in [1.54, 1.807) is 0 Å². The van der Waals surface area contributed by atoms with Gasteiger partial charge in [-0.1, -0.05) is 6.07 Å². The molecule has 0 spiro atoms. The van der Waals surface area contributed by atoms with Crippen LogP contribution in [0.5, 0.6) is 0 Å². The Morgan fingerprint density at radius 1 is 1.32 bits per heavy atom. The van der Waals surface area contributed by atoms with Gasteiger partial charge >= 0.3 is 0 Å². The third-order valence-electron chi connectivity index (χ3n) is 3.98. The summed E-state index contributed by atoms with van der Waals surface area (Å²) in [5.74, 6) is -0.339. The molecule has 1 fully saturated rings. The van der Waals surface area contributed by atoms with Crippen molar-refractivity contribution in [3.05, 3.63) is 35.4 Å². The molecule has 0 aliphatic carbocycles. The van der Waals surface area contributed by atoms with Gasteiger partial charge in [0, 0.05) is 17.7 Å². The van der Waals surface area contributed by atoms with Crippen molar-refractivity contribution in [1.29, 1.82) is 0 Å². The monoisotopic (exact) mass is 268 g/mol. The van der Waals surface area contributed by atoms with E-state index in [-0.39, 0.29) is 6.04 Å². The third kappa shape index (κ3) is 3.98. The van der Waals surface area contributed by atoms with Gasteiger partial charge in [-0.2, -0.15) is 0 Å². The number of nitrogens with one attached hydrogen (secondary N) is 1. The summed E-state index contributed by atoms with van der Waals surface area (Å²) in [7, 11) is 2.14. The molecule has 0 saturated carbocycles. The molecule has 0 bridgehead atoms. The van der Waals surface area contributed by atoms with Crippen LogP contribution in [0.2, 0.25) is 0 Å². The van der Waals surface area contributed by atoms with Crippen molar-refractivity contribution in [1.82, 2.24) is 10.2 Å². The molecule has 0 radical (unpaired) electrons. The summed E-state index contributed by atoms with van der Waals surface area (Å²) >= 11 is 0. The average Bonchev–Trinajstić information content (AvgIpc) is 2.37. The number of hydrogen-bond acceptors (Lipinski definition) is 2. The first-order chi connectivity index (χ1) is 9.06. The summed E-state index contributed by atoms with van der Waals surface area (Å²) in [5.41, 5.74) is 0.536. The summed E-state index contributed by atoms with van der Waals surface area (Å²) in [4.78, 5) is 2.33. The summed E-state index contributed by atoms with van der Waals surface area (Å²) in [5, 5.41) is 3.36. The van der Waals surface area contributed by atoms with Gasteiger partial charge in [-0.15, -0.1) is 0 Å². The summed E-state index contributed by atoms with van der Waals surface area (Å²) in [6.45, 7) is 5.08. The van der Waals surface area contributed by atoms with E-state index in [2.05, 4.69) is 17.3 Å². The predicted molar refractivity (Wildman–Crippen MR) is 73.0 cm³/mol. The van der Waals surface area contributed by atoms with Crippen molar-refractivity contribution in [2.75, 3.05) is 26.7 Å². The minimum absolute atomic E-state index is 0.0831. The number of benzene rings is 1. The van der Waals surface area contributed by atoms with Crippen LogP contribution < -0.4 is 5.32 Å². The SMILES string of the molecule is CC(NCC1CCN(C)CC1)c1ccc(F)cc1F. The van der Waals surface area contributed by atoms with Crippen LogP contribution in [0.4, 0.5) is 8.78 Å². The molecule has 0 amide bonds. The Balaban J connectivity index is 1.85. The van der Waals surface area contributed by atoms with Crippen LogP contribution in [0, 0.1) is 17.6 Å². The smallest absolute Gasteiger partial charge is 0.130 e. The lowest BCUT2D eigenvalue weighted by Crippen LogP contribution is -2.35. The van der Waals surface area contributed by atoms with E-state index >= 15 is 0 Å². The Morgan fingerprint density at radius 3 is 2.63 bits per heavy atom. The number of rotatable bonds is 4. The average molecular weight is 268 g/mol. The second-order valence-corrected chi connectivity index (χ2v) is 5.54. The van der Waals surface area contributed by atoms with E-state index in [0.717, 1.165) is 25.7 Å². The van der Waals surface area contributed by atoms with Crippen LogP contribution in [-0.2, 0) is 0 Å². The van der Waals surface area contributed by atoms with Gasteiger partial charge in [-0.05, 0) is 58.4 Å². The normalized spacial score (nSPS) is 19.6. The Bertz CT molecular complexity index is 415. The topological polar surface area (TPSA) is 15.3 Å². The van der Waals surface area contributed by atoms with Crippen LogP contribution in [0.1, 0.15) is 31.4 Å². The van der Waals surface area contributed by atoms with E-state index < -0.39 is 11.6 Å². The highest BCUT2D eigenvalue weighted by Crippen LogP contribution is 2.20. The highest BCUT2D eigenvalue weighted by atomic mass is 19.1. The Labute approximate surface area is 113 Å². The van der Waals surface area contributed by atoms with Gasteiger partial charge in [-0.3, -0.25) is 0 Å². The standard InChI is InChI=1S/C15H22F2N2/c1-11(14-4-3-13(16)9-15(14)17)18-10-12-5-7-19(2)8-6-12/h3-4,9,11-12,18H,5-8,10H2,1-2H3. The van der Waals surface area contributed by atoms with E-state index in [0.29, 0.717) is 11.5 Å². The van der Waals surface area contributed by atoms with Crippen LogP contribution >= 0.6 is 0 Å². The van der Waals surface area contributed by atoms with E-state index in [1.807, 2.05) is 6.92 Å². The first-order valence-corrected chi connectivity index (χ1v) is 6.93. The Hall–Kier alpha value is -1.00. The van der Waals surface area contributed by atoms with Gasteiger partial charge in [0.25, 0.3) is 0 Å². The molecule has 19 heavy (non-hydrogen) atoms. The minimum atomic E-state index is -0.524. The van der Waals surface area contributed by atoms with Crippen LogP contribution in [0.3, 0.4) is 0 Å². The van der Waals surface area contributed by atoms with E-state index in [4.69, 9.17) is 0 Å². The molecule has 1 saturated heterocycles. The van der Waals surface area contributed by atoms with Gasteiger partial charge in [-0.25, -0.2) is 8.78 Å². The Morgan fingerprint density at radius 2 is 2.00 bits per heavy atom. The number of nitrogens with zero attached hydrogens (tertiary/aromatic N) is 1. The van der Waals surface area contributed by atoms with Crippen molar-refractivity contribution >= 4 is 0 Å². The van der Waals surface area contributed by atoms with E-state index in [1.165, 1.54) is 25.0 Å². The molecule has 1 aliphatic heterocycles. The highest BCUT2D eigenvalue weighted by Gasteiger charge is 2.18. The third-order valence-corrected chi connectivity index (χ3v) is 3.98. The molecule has 4 heteroatoms. The second kappa shape index (κ2) is 6.44. The highest BCUT2D eigenvalue weighted by molar-refractivity contribution is 5.21. The fraction of sp³-hybridized carbons (Fsp3) is 0.600. The summed E-state index contributed by atoms with van der Waals surface area (Å²) in [6, 6.07) is 3.70. The maximum absolute atomic E-state index is 13.6. The lowest BCUT2D eigenvalue weighted by atomic mass is 9.96. The van der Waals surface area contributed by atoms with Crippen LogP contribution in [0.25, 0.3) is 0 Å². The number of likely N-dealkylation sites (tertiary alicyclic amines) is 1. The number of halogens is 2. The molecule has 1 aromatic rings. The zero-order valence-corrected chi connectivity index (χ0v) is 11.6. The maximum Gasteiger partial charge on any atom is 0.130 e. The molecule has 1 heterocycles. The zero-order valence-electron chi connectivity index (χ0n) is 11.6. The summed E-state index contributed by atoms with van der Waals surface area (Å²) < 4.78 is 26.5. The first-order valence-electron chi connectivity index (χ1n) is 6.93. The summed E-state index contributed by atoms with van der Waals surface area (Å²) in [6.07, 6.45) is 2.37. The lowest BCUT2D eigenvalue weighted by molar-refractivity contribution is 0.213. The lowest BCUT2D eigenvalue weighted by Gasteiger charge is -2.30. The van der Waals surface area contributed by atoms with Gasteiger partial charge in [0.2, 0.25) is 0 Å². The molecular weight excluding hydrogens is 246 g/mol. The molecule has 1 N–H and O–H groups in total. The van der Waals surface area contributed by atoms with Gasteiger partial charge in [0.1, 0.15) is 11.6 Å². The van der Waals surface area contributed by atoms with Gasteiger partial charge < -0.3 is 10.2 Å². The van der Waals surface area contributed by atoms with Gasteiger partial charge in [0.15, 0.2) is 0 Å². The fourth-order valence-electron chi connectivity index (χ4n) is 2.57. The van der Waals surface area contributed by atoms with Crippen LogP contribution in [0.15, 0.2) is 18.2 Å². The molecule has 0 aromatic heterocycles. The molecular formula is C15H22F2N2. The minimum Gasteiger partial charge on any atom is -0.310 e. The van der Waals surface area contributed by atoms with Crippen molar-refractivity contribution in [2.24, 2.45) is 5.92 Å². The van der Waals surface area contributed by atoms with Crippen molar-refractivity contribution in [3.63, 3.8) is 0 Å². The number of hydrogen-bond donors (Lipinski definition) is 1. The zero-order chi connectivity index (χ0) is 13.8. The first kappa shape index (κ1) is 14.4. The second-order valence-electron chi connectivity index (χ2n) is 5.54. The molecule has 1 unspecified atom stereocenters. The number of piperidine rings is 1. The fourth-order valence-corrected chi connectivity index (χ4v) is 2.57. The maximum atomic E-state index is 13.6. The van der Waals surface area contributed by atoms with Crippen molar-refractivity contribution in [2.45, 2.75) is 25.8 Å². The molecule has 1 aliphatic rings. The molecule has 1 atom stereocenters. The van der Waals surface area contributed by atoms with Crippen molar-refractivity contribution < 1.29 is 8.78 Å².